The van der Waals surface area contributed by atoms with E-state index in [9.17, 15) is 4.79 Å². The molecule has 0 spiro atoms. The van der Waals surface area contributed by atoms with E-state index in [-0.39, 0.29) is 24.1 Å². The zero-order valence-electron chi connectivity index (χ0n) is 12.9. The van der Waals surface area contributed by atoms with Crippen molar-refractivity contribution in [1.29, 1.82) is 0 Å². The largest absolute Gasteiger partial charge is 0.495 e. The maximum atomic E-state index is 12.0. The second kappa shape index (κ2) is 4.19. The molecule has 4 heteroatoms. The van der Waals surface area contributed by atoms with Crippen molar-refractivity contribution < 1.29 is 14.1 Å². The van der Waals surface area contributed by atoms with Gasteiger partial charge in [-0.1, -0.05) is 12.1 Å². The molecule has 0 amide bonds. The minimum atomic E-state index is -0.375. The summed E-state index contributed by atoms with van der Waals surface area (Å²) < 4.78 is 12.2. The van der Waals surface area contributed by atoms with Crippen molar-refractivity contribution in [1.82, 2.24) is 0 Å². The molecule has 1 aliphatic heterocycles. The van der Waals surface area contributed by atoms with Crippen molar-refractivity contribution in [2.45, 2.75) is 58.7 Å². The third-order valence-corrected chi connectivity index (χ3v) is 4.95. The third-order valence-electron chi connectivity index (χ3n) is 4.95. The van der Waals surface area contributed by atoms with Gasteiger partial charge in [-0.3, -0.25) is 4.79 Å². The van der Waals surface area contributed by atoms with E-state index in [0.717, 1.165) is 28.6 Å². The summed E-state index contributed by atoms with van der Waals surface area (Å²) in [5.41, 5.74) is 3.39. The van der Waals surface area contributed by atoms with Crippen molar-refractivity contribution in [2.24, 2.45) is 0 Å². The van der Waals surface area contributed by atoms with Crippen LogP contribution in [0.5, 0.6) is 0 Å². The fourth-order valence-corrected chi connectivity index (χ4v) is 2.99. The number of rotatable bonds is 1. The predicted molar refractivity (Wildman–Crippen MR) is 79.5 cm³/mol. The third kappa shape index (κ3) is 1.86. The van der Waals surface area contributed by atoms with Crippen LogP contribution in [0.25, 0.3) is 0 Å². The average Bonchev–Trinajstić information content (AvgIpc) is 2.80. The topological polar surface area (TPSA) is 35.5 Å². The number of hydrogen-bond donors (Lipinski definition) is 0. The lowest BCUT2D eigenvalue weighted by atomic mass is 9.74. The normalized spacial score (nSPS) is 23.2. The van der Waals surface area contributed by atoms with E-state index in [2.05, 4.69) is 6.07 Å². The molecule has 1 fully saturated rings. The summed E-state index contributed by atoms with van der Waals surface area (Å²) in [6, 6.07) is 4.05. The van der Waals surface area contributed by atoms with Gasteiger partial charge in [-0.2, -0.15) is 0 Å². The predicted octanol–water partition coefficient (Wildman–Crippen LogP) is 2.42. The average molecular weight is 272 g/mol. The minimum Gasteiger partial charge on any atom is -0.399 e. The minimum absolute atomic E-state index is 0.246. The number of hydrogen-bond acceptors (Lipinski definition) is 3. The quantitative estimate of drug-likeness (QED) is 0.736. The van der Waals surface area contributed by atoms with Gasteiger partial charge in [0.25, 0.3) is 0 Å². The molecule has 3 rings (SSSR count). The Bertz CT molecular complexity index is 574. The van der Waals surface area contributed by atoms with Gasteiger partial charge in [-0.05, 0) is 57.6 Å². The van der Waals surface area contributed by atoms with Crippen molar-refractivity contribution >= 4 is 18.4 Å². The molecular weight excluding hydrogens is 251 g/mol. The van der Waals surface area contributed by atoms with Crippen molar-refractivity contribution in [3.8, 4) is 0 Å². The summed E-state index contributed by atoms with van der Waals surface area (Å²) in [4.78, 5) is 12.0. The number of benzene rings is 1. The summed E-state index contributed by atoms with van der Waals surface area (Å²) in [6.07, 6.45) is 1.40. The first-order chi connectivity index (χ1) is 9.23. The molecule has 106 valence electrons. The van der Waals surface area contributed by atoms with Crippen LogP contribution >= 0.6 is 0 Å². The smallest absolute Gasteiger partial charge is 0.399 e. The van der Waals surface area contributed by atoms with Gasteiger partial charge < -0.3 is 9.31 Å². The molecule has 1 saturated heterocycles. The molecule has 1 heterocycles. The van der Waals surface area contributed by atoms with Gasteiger partial charge >= 0.3 is 7.12 Å². The number of fused-ring (bicyclic) bond motifs is 1. The van der Waals surface area contributed by atoms with E-state index in [1.54, 1.807) is 0 Å². The van der Waals surface area contributed by atoms with E-state index in [1.165, 1.54) is 0 Å². The number of Topliss-reactive ketones (excluding diaryl/α,β-unsaturated/α-hetero) is 1. The summed E-state index contributed by atoms with van der Waals surface area (Å²) in [7, 11) is -0.375. The Morgan fingerprint density at radius 2 is 1.65 bits per heavy atom. The van der Waals surface area contributed by atoms with E-state index < -0.39 is 0 Å². The molecule has 1 aromatic rings. The number of carbonyl (C=O) groups is 1. The first-order valence-corrected chi connectivity index (χ1v) is 7.24. The fourth-order valence-electron chi connectivity index (χ4n) is 2.99. The summed E-state index contributed by atoms with van der Waals surface area (Å²) in [5.74, 6) is 0.246. The Morgan fingerprint density at radius 1 is 1.05 bits per heavy atom. The number of aryl methyl sites for hydroxylation is 1. The molecule has 3 nitrogen and oxygen atoms in total. The zero-order valence-corrected chi connectivity index (χ0v) is 12.9. The molecule has 1 aromatic carbocycles. The molecule has 0 radical (unpaired) electrons. The second-order valence-electron chi connectivity index (χ2n) is 6.84. The van der Waals surface area contributed by atoms with Gasteiger partial charge in [0, 0.05) is 12.0 Å². The Kier molecular flexibility index (Phi) is 2.90. The van der Waals surface area contributed by atoms with Crippen LogP contribution < -0.4 is 5.46 Å². The van der Waals surface area contributed by atoms with Gasteiger partial charge in [0.1, 0.15) is 0 Å². The monoisotopic (exact) mass is 272 g/mol. The Hall–Kier alpha value is -1.13. The molecule has 0 atom stereocenters. The van der Waals surface area contributed by atoms with E-state index in [1.807, 2.05) is 40.7 Å². The van der Waals surface area contributed by atoms with Crippen LogP contribution in [0.3, 0.4) is 0 Å². The molecule has 0 bridgehead atoms. The lowest BCUT2D eigenvalue weighted by Gasteiger charge is -2.32. The SMILES string of the molecule is Cc1ccc(B2OC(C)(C)C(C)(C)O2)c2c1C(=O)CC2. The van der Waals surface area contributed by atoms with Crippen LogP contribution in [-0.4, -0.2) is 24.1 Å². The van der Waals surface area contributed by atoms with Crippen LogP contribution in [0.2, 0.25) is 0 Å². The summed E-state index contributed by atoms with van der Waals surface area (Å²) in [5, 5.41) is 0. The highest BCUT2D eigenvalue weighted by atomic mass is 16.7. The molecule has 2 aliphatic rings. The molecule has 0 unspecified atom stereocenters. The summed E-state index contributed by atoms with van der Waals surface area (Å²) in [6.45, 7) is 10.2. The number of ketones is 1. The van der Waals surface area contributed by atoms with Crippen LogP contribution in [0, 0.1) is 6.92 Å². The maximum absolute atomic E-state index is 12.0. The van der Waals surface area contributed by atoms with Crippen LogP contribution in [-0.2, 0) is 15.7 Å². The van der Waals surface area contributed by atoms with E-state index in [0.29, 0.717) is 6.42 Å². The first kappa shape index (κ1) is 13.8. The van der Waals surface area contributed by atoms with Gasteiger partial charge in [0.2, 0.25) is 0 Å². The van der Waals surface area contributed by atoms with Crippen molar-refractivity contribution in [3.63, 3.8) is 0 Å². The standard InChI is InChI=1S/C16H21BO3/c1-10-6-8-12(11-7-9-13(18)14(10)11)17-19-15(2,3)16(4,5)20-17/h6,8H,7,9H2,1-5H3. The lowest BCUT2D eigenvalue weighted by Crippen LogP contribution is -2.41. The molecule has 0 aromatic heterocycles. The fraction of sp³-hybridized carbons (Fsp3) is 0.562. The highest BCUT2D eigenvalue weighted by Gasteiger charge is 2.52. The first-order valence-electron chi connectivity index (χ1n) is 7.24. The lowest BCUT2D eigenvalue weighted by molar-refractivity contribution is 0.00578. The Labute approximate surface area is 120 Å². The van der Waals surface area contributed by atoms with Gasteiger partial charge in [-0.15, -0.1) is 0 Å². The highest BCUT2D eigenvalue weighted by Crippen LogP contribution is 2.37. The van der Waals surface area contributed by atoms with Crippen LogP contribution in [0.1, 0.15) is 55.6 Å². The van der Waals surface area contributed by atoms with Gasteiger partial charge in [-0.25, -0.2) is 0 Å². The van der Waals surface area contributed by atoms with E-state index in [4.69, 9.17) is 9.31 Å². The zero-order chi connectivity index (χ0) is 14.7. The molecule has 0 N–H and O–H groups in total. The molecule has 0 saturated carbocycles. The molecular formula is C16H21BO3. The van der Waals surface area contributed by atoms with Gasteiger partial charge in [0.15, 0.2) is 5.78 Å². The molecule has 20 heavy (non-hydrogen) atoms. The van der Waals surface area contributed by atoms with Crippen LogP contribution in [0.4, 0.5) is 0 Å². The summed E-state index contributed by atoms with van der Waals surface area (Å²) >= 11 is 0. The maximum Gasteiger partial charge on any atom is 0.495 e. The van der Waals surface area contributed by atoms with Crippen molar-refractivity contribution in [2.75, 3.05) is 0 Å². The Morgan fingerprint density at radius 3 is 2.25 bits per heavy atom. The highest BCUT2D eigenvalue weighted by molar-refractivity contribution is 6.63. The number of carbonyl (C=O) groups excluding carboxylic acids is 1. The van der Waals surface area contributed by atoms with E-state index >= 15 is 0 Å². The second-order valence-corrected chi connectivity index (χ2v) is 6.84. The van der Waals surface area contributed by atoms with Gasteiger partial charge in [0.05, 0.1) is 11.2 Å². The molecule has 1 aliphatic carbocycles. The van der Waals surface area contributed by atoms with Crippen molar-refractivity contribution in [3.05, 3.63) is 28.8 Å². The Balaban J connectivity index is 2.04. The van der Waals surface area contributed by atoms with Crippen LogP contribution in [0.15, 0.2) is 12.1 Å².